The fourth-order valence-electron chi connectivity index (χ4n) is 2.10. The number of esters is 2. The molecule has 2 rings (SSSR count). The second kappa shape index (κ2) is 6.83. The van der Waals surface area contributed by atoms with Gasteiger partial charge in [0, 0.05) is 11.1 Å². The van der Waals surface area contributed by atoms with Gasteiger partial charge in [0.15, 0.2) is 5.78 Å². The summed E-state index contributed by atoms with van der Waals surface area (Å²) in [5.41, 5.74) is -0.103. The molecular weight excluding hydrogens is 303 g/mol. The molecule has 23 heavy (non-hydrogen) atoms. The van der Waals surface area contributed by atoms with Crippen molar-refractivity contribution in [2.75, 3.05) is 14.2 Å². The van der Waals surface area contributed by atoms with Crippen LogP contribution in [-0.4, -0.2) is 31.9 Å². The van der Waals surface area contributed by atoms with Gasteiger partial charge in [0.1, 0.15) is 5.82 Å². The monoisotopic (exact) mass is 316 g/mol. The van der Waals surface area contributed by atoms with Crippen molar-refractivity contribution in [2.24, 2.45) is 0 Å². The van der Waals surface area contributed by atoms with Crippen molar-refractivity contribution in [1.82, 2.24) is 0 Å². The summed E-state index contributed by atoms with van der Waals surface area (Å²) in [4.78, 5) is 36.4. The summed E-state index contributed by atoms with van der Waals surface area (Å²) in [5.74, 6) is -2.62. The summed E-state index contributed by atoms with van der Waals surface area (Å²) in [6.07, 6.45) is 0. The van der Waals surface area contributed by atoms with Gasteiger partial charge in [0.05, 0.1) is 25.3 Å². The summed E-state index contributed by atoms with van der Waals surface area (Å²) >= 11 is 0. The van der Waals surface area contributed by atoms with Gasteiger partial charge in [-0.2, -0.15) is 0 Å². The molecule has 0 amide bonds. The molecule has 0 aliphatic rings. The average molecular weight is 316 g/mol. The maximum Gasteiger partial charge on any atom is 0.339 e. The van der Waals surface area contributed by atoms with Crippen LogP contribution in [0.15, 0.2) is 42.5 Å². The number of ether oxygens (including phenoxy) is 2. The number of hydrogen-bond acceptors (Lipinski definition) is 5. The minimum atomic E-state index is -0.837. The zero-order valence-electron chi connectivity index (χ0n) is 12.5. The van der Waals surface area contributed by atoms with E-state index in [9.17, 15) is 18.8 Å². The van der Waals surface area contributed by atoms with Crippen LogP contribution in [0.3, 0.4) is 0 Å². The number of carbonyl (C=O) groups is 3. The molecule has 0 aromatic heterocycles. The van der Waals surface area contributed by atoms with Crippen molar-refractivity contribution in [3.05, 3.63) is 70.5 Å². The van der Waals surface area contributed by atoms with Gasteiger partial charge in [-0.25, -0.2) is 14.0 Å². The van der Waals surface area contributed by atoms with Crippen LogP contribution in [0, 0.1) is 5.82 Å². The van der Waals surface area contributed by atoms with Crippen LogP contribution in [0.1, 0.15) is 36.6 Å². The molecule has 2 aromatic rings. The molecule has 118 valence electrons. The van der Waals surface area contributed by atoms with Crippen LogP contribution >= 0.6 is 0 Å². The highest BCUT2D eigenvalue weighted by Crippen LogP contribution is 2.21. The van der Waals surface area contributed by atoms with E-state index in [0.717, 1.165) is 26.4 Å². The highest BCUT2D eigenvalue weighted by molar-refractivity contribution is 6.17. The topological polar surface area (TPSA) is 69.7 Å². The second-order valence-corrected chi connectivity index (χ2v) is 4.55. The summed E-state index contributed by atoms with van der Waals surface area (Å²) < 4.78 is 22.3. The fourth-order valence-corrected chi connectivity index (χ4v) is 2.10. The molecule has 0 bridgehead atoms. The van der Waals surface area contributed by atoms with Crippen LogP contribution in [-0.2, 0) is 9.47 Å². The maximum absolute atomic E-state index is 13.0. The first-order valence-electron chi connectivity index (χ1n) is 6.59. The number of hydrogen-bond donors (Lipinski definition) is 0. The number of carbonyl (C=O) groups excluding carboxylic acids is 3. The zero-order chi connectivity index (χ0) is 17.0. The second-order valence-electron chi connectivity index (χ2n) is 4.55. The third-order valence-electron chi connectivity index (χ3n) is 3.21. The normalized spacial score (nSPS) is 10.0. The Kier molecular flexibility index (Phi) is 4.85. The third kappa shape index (κ3) is 3.26. The van der Waals surface area contributed by atoms with Crippen LogP contribution in [0.2, 0.25) is 0 Å². The van der Waals surface area contributed by atoms with E-state index in [1.54, 1.807) is 0 Å². The summed E-state index contributed by atoms with van der Waals surface area (Å²) in [7, 11) is 2.31. The predicted octanol–water partition coefficient (Wildman–Crippen LogP) is 2.63. The molecule has 5 nitrogen and oxygen atoms in total. The standard InChI is InChI=1S/C17H13FO5/c1-22-16(20)13-5-3-4-12(14(13)17(21)23-2)15(19)10-6-8-11(18)9-7-10/h3-9H,1-2H3. The van der Waals surface area contributed by atoms with E-state index in [2.05, 4.69) is 9.47 Å². The number of ketones is 1. The van der Waals surface area contributed by atoms with Gasteiger partial charge in [-0.05, 0) is 30.3 Å². The molecule has 0 spiro atoms. The molecule has 0 saturated heterocycles. The Bertz CT molecular complexity index is 765. The smallest absolute Gasteiger partial charge is 0.339 e. The van der Waals surface area contributed by atoms with Gasteiger partial charge in [0.2, 0.25) is 0 Å². The molecular formula is C17H13FO5. The van der Waals surface area contributed by atoms with Crippen molar-refractivity contribution in [2.45, 2.75) is 0 Å². The third-order valence-corrected chi connectivity index (χ3v) is 3.21. The molecule has 0 aliphatic carbocycles. The number of rotatable bonds is 4. The Morgan fingerprint density at radius 3 is 1.96 bits per heavy atom. The molecule has 0 atom stereocenters. The van der Waals surface area contributed by atoms with Crippen LogP contribution in [0.4, 0.5) is 4.39 Å². The van der Waals surface area contributed by atoms with Gasteiger partial charge >= 0.3 is 11.9 Å². The average Bonchev–Trinajstić information content (AvgIpc) is 2.59. The van der Waals surface area contributed by atoms with Gasteiger partial charge < -0.3 is 9.47 Å². The predicted molar refractivity (Wildman–Crippen MR) is 79.0 cm³/mol. The van der Waals surface area contributed by atoms with E-state index >= 15 is 0 Å². The molecule has 0 heterocycles. The molecule has 0 radical (unpaired) electrons. The molecule has 0 N–H and O–H groups in total. The first kappa shape index (κ1) is 16.4. The molecule has 0 unspecified atom stereocenters. The van der Waals surface area contributed by atoms with Crippen molar-refractivity contribution >= 4 is 17.7 Å². The molecule has 2 aromatic carbocycles. The number of methoxy groups -OCH3 is 2. The van der Waals surface area contributed by atoms with E-state index in [-0.39, 0.29) is 22.3 Å². The minimum absolute atomic E-state index is 0.0219. The molecule has 0 saturated carbocycles. The Hall–Kier alpha value is -3.02. The summed E-state index contributed by atoms with van der Waals surface area (Å²) in [6, 6.07) is 9.07. The van der Waals surface area contributed by atoms with Crippen molar-refractivity contribution in [1.29, 1.82) is 0 Å². The highest BCUT2D eigenvalue weighted by atomic mass is 19.1. The quantitative estimate of drug-likeness (QED) is 0.640. The highest BCUT2D eigenvalue weighted by Gasteiger charge is 2.25. The maximum atomic E-state index is 13.0. The Morgan fingerprint density at radius 2 is 1.39 bits per heavy atom. The minimum Gasteiger partial charge on any atom is -0.465 e. The molecule has 0 fully saturated rings. The molecule has 6 heteroatoms. The van der Waals surface area contributed by atoms with Gasteiger partial charge in [-0.15, -0.1) is 0 Å². The number of benzene rings is 2. The number of halogens is 1. The van der Waals surface area contributed by atoms with E-state index in [0.29, 0.717) is 0 Å². The Labute approximate surface area is 131 Å². The van der Waals surface area contributed by atoms with Crippen LogP contribution in [0.5, 0.6) is 0 Å². The van der Waals surface area contributed by atoms with Gasteiger partial charge in [-0.1, -0.05) is 12.1 Å². The first-order chi connectivity index (χ1) is 11.0. The van der Waals surface area contributed by atoms with Crippen molar-refractivity contribution in [3.63, 3.8) is 0 Å². The Balaban J connectivity index is 2.61. The lowest BCUT2D eigenvalue weighted by atomic mass is 9.94. The fraction of sp³-hybridized carbons (Fsp3) is 0.118. The summed E-state index contributed by atoms with van der Waals surface area (Å²) in [5, 5.41) is 0. The van der Waals surface area contributed by atoms with E-state index in [1.165, 1.54) is 30.3 Å². The SMILES string of the molecule is COC(=O)c1cccc(C(=O)c2ccc(F)cc2)c1C(=O)OC. The van der Waals surface area contributed by atoms with Gasteiger partial charge in [0.25, 0.3) is 0 Å². The lowest BCUT2D eigenvalue weighted by Crippen LogP contribution is -2.17. The van der Waals surface area contributed by atoms with Gasteiger partial charge in [-0.3, -0.25) is 4.79 Å². The van der Waals surface area contributed by atoms with Crippen molar-refractivity contribution in [3.8, 4) is 0 Å². The lowest BCUT2D eigenvalue weighted by Gasteiger charge is -2.11. The van der Waals surface area contributed by atoms with Crippen LogP contribution in [0.25, 0.3) is 0 Å². The first-order valence-corrected chi connectivity index (χ1v) is 6.59. The lowest BCUT2D eigenvalue weighted by molar-refractivity contribution is 0.0553. The van der Waals surface area contributed by atoms with Crippen LogP contribution < -0.4 is 0 Å². The molecule has 0 aliphatic heterocycles. The summed E-state index contributed by atoms with van der Waals surface area (Å²) in [6.45, 7) is 0. The van der Waals surface area contributed by atoms with Crippen molar-refractivity contribution < 1.29 is 28.2 Å². The zero-order valence-corrected chi connectivity index (χ0v) is 12.5. The van der Waals surface area contributed by atoms with E-state index in [4.69, 9.17) is 0 Å². The van der Waals surface area contributed by atoms with E-state index < -0.39 is 23.5 Å². The van der Waals surface area contributed by atoms with E-state index in [1.807, 2.05) is 0 Å². The largest absolute Gasteiger partial charge is 0.465 e. The Morgan fingerprint density at radius 1 is 0.826 bits per heavy atom.